The molecule has 1 aliphatic rings. The predicted octanol–water partition coefficient (Wildman–Crippen LogP) is 2.45. The lowest BCUT2D eigenvalue weighted by atomic mass is 9.99. The molecule has 0 aliphatic carbocycles. The molecule has 0 bridgehead atoms. The molecule has 1 fully saturated rings. The van der Waals surface area contributed by atoms with Crippen molar-refractivity contribution in [1.82, 2.24) is 4.31 Å². The van der Waals surface area contributed by atoms with E-state index in [1.54, 1.807) is 7.11 Å². The first-order valence-corrected chi connectivity index (χ1v) is 10.7. The van der Waals surface area contributed by atoms with Crippen molar-refractivity contribution >= 4 is 22.0 Å². The third kappa shape index (κ3) is 4.17. The van der Waals surface area contributed by atoms with Crippen LogP contribution in [0.4, 0.5) is 0 Å². The molecule has 2 aromatic rings. The number of sulfonamides is 1. The quantitative estimate of drug-likeness (QED) is 0.645. The maximum atomic E-state index is 13.4. The van der Waals surface area contributed by atoms with Gasteiger partial charge in [0, 0.05) is 13.1 Å². The molecule has 1 heterocycles. The minimum Gasteiger partial charge on any atom is -0.497 e. The molecule has 8 nitrogen and oxygen atoms in total. The van der Waals surface area contributed by atoms with E-state index >= 15 is 0 Å². The lowest BCUT2D eigenvalue weighted by Gasteiger charge is -2.19. The Balaban J connectivity index is 1.94. The highest BCUT2D eigenvalue weighted by Crippen LogP contribution is 2.33. The van der Waals surface area contributed by atoms with E-state index in [4.69, 9.17) is 9.47 Å². The van der Waals surface area contributed by atoms with Gasteiger partial charge < -0.3 is 14.2 Å². The number of methoxy groups -OCH3 is 3. The van der Waals surface area contributed by atoms with Crippen LogP contribution in [0.25, 0.3) is 0 Å². The molecule has 0 N–H and O–H groups in total. The molecular weight excluding hydrogens is 410 g/mol. The molecule has 160 valence electrons. The van der Waals surface area contributed by atoms with E-state index < -0.39 is 22.0 Å². The van der Waals surface area contributed by atoms with Gasteiger partial charge in [0.2, 0.25) is 10.0 Å². The van der Waals surface area contributed by atoms with Crippen LogP contribution in [0.5, 0.6) is 5.75 Å². The van der Waals surface area contributed by atoms with Gasteiger partial charge >= 0.3 is 11.9 Å². The SMILES string of the molecule is COC(=O)c1ccc(C(=O)OC)c(S(=O)(=O)N2CCC(c3ccc(OC)cc3)C2)c1. The van der Waals surface area contributed by atoms with Gasteiger partial charge in [0.1, 0.15) is 5.75 Å². The molecule has 0 spiro atoms. The number of hydrogen-bond donors (Lipinski definition) is 0. The fraction of sp³-hybridized carbons (Fsp3) is 0.333. The van der Waals surface area contributed by atoms with Crippen molar-refractivity contribution in [3.05, 3.63) is 59.2 Å². The van der Waals surface area contributed by atoms with E-state index in [0.717, 1.165) is 17.4 Å². The van der Waals surface area contributed by atoms with Gasteiger partial charge in [-0.15, -0.1) is 0 Å². The number of carbonyl (C=O) groups is 2. The highest BCUT2D eigenvalue weighted by atomic mass is 32.2. The van der Waals surface area contributed by atoms with E-state index in [9.17, 15) is 18.0 Å². The van der Waals surface area contributed by atoms with Crippen LogP contribution in [-0.4, -0.2) is 59.1 Å². The molecule has 1 unspecified atom stereocenters. The summed E-state index contributed by atoms with van der Waals surface area (Å²) in [5.41, 5.74) is 0.915. The maximum absolute atomic E-state index is 13.4. The van der Waals surface area contributed by atoms with Crippen molar-refractivity contribution in [3.63, 3.8) is 0 Å². The summed E-state index contributed by atoms with van der Waals surface area (Å²) in [4.78, 5) is 23.8. The van der Waals surface area contributed by atoms with E-state index in [2.05, 4.69) is 4.74 Å². The normalized spacial score (nSPS) is 16.8. The number of ether oxygens (including phenoxy) is 3. The van der Waals surface area contributed by atoms with Crippen LogP contribution >= 0.6 is 0 Å². The Labute approximate surface area is 175 Å². The van der Waals surface area contributed by atoms with Crippen LogP contribution < -0.4 is 4.74 Å². The topological polar surface area (TPSA) is 99.2 Å². The van der Waals surface area contributed by atoms with Crippen LogP contribution in [0.15, 0.2) is 47.4 Å². The Hall–Kier alpha value is -2.91. The van der Waals surface area contributed by atoms with Gasteiger partial charge in [-0.25, -0.2) is 18.0 Å². The number of carbonyl (C=O) groups excluding carboxylic acids is 2. The van der Waals surface area contributed by atoms with Crippen molar-refractivity contribution in [3.8, 4) is 5.75 Å². The van der Waals surface area contributed by atoms with Crippen LogP contribution in [-0.2, 0) is 19.5 Å². The number of nitrogens with zero attached hydrogens (tertiary/aromatic N) is 1. The zero-order valence-electron chi connectivity index (χ0n) is 17.0. The van der Waals surface area contributed by atoms with Crippen molar-refractivity contribution in [2.75, 3.05) is 34.4 Å². The highest BCUT2D eigenvalue weighted by Gasteiger charge is 2.36. The molecule has 1 atom stereocenters. The number of hydrogen-bond acceptors (Lipinski definition) is 7. The maximum Gasteiger partial charge on any atom is 0.339 e. The second-order valence-electron chi connectivity index (χ2n) is 6.82. The summed E-state index contributed by atoms with van der Waals surface area (Å²) in [6.45, 7) is 0.555. The van der Waals surface area contributed by atoms with Crippen LogP contribution in [0.1, 0.15) is 38.6 Å². The van der Waals surface area contributed by atoms with Gasteiger partial charge in [-0.2, -0.15) is 4.31 Å². The Morgan fingerprint density at radius 1 is 0.967 bits per heavy atom. The van der Waals surface area contributed by atoms with Gasteiger partial charge in [0.15, 0.2) is 0 Å². The fourth-order valence-corrected chi connectivity index (χ4v) is 5.20. The molecule has 1 aliphatic heterocycles. The molecular formula is C21H23NO7S. The highest BCUT2D eigenvalue weighted by molar-refractivity contribution is 7.89. The van der Waals surface area contributed by atoms with Crippen LogP contribution in [0.3, 0.4) is 0 Å². The van der Waals surface area contributed by atoms with Gasteiger partial charge in [0.25, 0.3) is 0 Å². The molecule has 3 rings (SSSR count). The summed E-state index contributed by atoms with van der Waals surface area (Å²) in [6.07, 6.45) is 0.635. The predicted molar refractivity (Wildman–Crippen MR) is 108 cm³/mol. The lowest BCUT2D eigenvalue weighted by Crippen LogP contribution is -2.30. The number of rotatable bonds is 6. The molecule has 0 amide bonds. The summed E-state index contributed by atoms with van der Waals surface area (Å²) in [7, 11) is -0.0907. The molecule has 30 heavy (non-hydrogen) atoms. The van der Waals surface area contributed by atoms with Crippen molar-refractivity contribution in [2.24, 2.45) is 0 Å². The lowest BCUT2D eigenvalue weighted by molar-refractivity contribution is 0.0583. The molecule has 0 aromatic heterocycles. The van der Waals surface area contributed by atoms with E-state index in [1.165, 1.54) is 30.7 Å². The molecule has 0 radical (unpaired) electrons. The molecule has 9 heteroatoms. The standard InChI is InChI=1S/C21H23NO7S/c1-27-17-7-4-14(5-8-17)16-10-11-22(13-16)30(25,26)19-12-15(20(23)28-2)6-9-18(19)21(24)29-3/h4-9,12,16H,10-11,13H2,1-3H3. The Morgan fingerprint density at radius 2 is 1.63 bits per heavy atom. The van der Waals surface area contributed by atoms with E-state index in [1.807, 2.05) is 24.3 Å². The zero-order valence-corrected chi connectivity index (χ0v) is 17.8. The number of benzene rings is 2. The van der Waals surface area contributed by atoms with E-state index in [0.29, 0.717) is 13.0 Å². The van der Waals surface area contributed by atoms with E-state index in [-0.39, 0.29) is 28.5 Å². The first kappa shape index (κ1) is 21.8. The molecule has 2 aromatic carbocycles. The summed E-state index contributed by atoms with van der Waals surface area (Å²) >= 11 is 0. The van der Waals surface area contributed by atoms with Crippen LogP contribution in [0.2, 0.25) is 0 Å². The van der Waals surface area contributed by atoms with Gasteiger partial charge in [-0.05, 0) is 48.2 Å². The smallest absolute Gasteiger partial charge is 0.339 e. The zero-order chi connectivity index (χ0) is 21.9. The summed E-state index contributed by atoms with van der Waals surface area (Å²) in [5, 5.41) is 0. The van der Waals surface area contributed by atoms with Gasteiger partial charge in [-0.1, -0.05) is 12.1 Å². The minimum absolute atomic E-state index is 0.0102. The number of esters is 2. The Bertz CT molecular complexity index is 1050. The first-order chi connectivity index (χ1) is 14.3. The van der Waals surface area contributed by atoms with Crippen molar-refractivity contribution in [2.45, 2.75) is 17.2 Å². The summed E-state index contributed by atoms with van der Waals surface area (Å²) in [6, 6.07) is 11.3. The largest absolute Gasteiger partial charge is 0.497 e. The molecule has 0 saturated carbocycles. The summed E-state index contributed by atoms with van der Waals surface area (Å²) in [5.74, 6) is -0.754. The average molecular weight is 433 g/mol. The van der Waals surface area contributed by atoms with Gasteiger partial charge in [0.05, 0.1) is 37.4 Å². The summed E-state index contributed by atoms with van der Waals surface area (Å²) < 4.78 is 42.6. The second-order valence-corrected chi connectivity index (χ2v) is 8.72. The van der Waals surface area contributed by atoms with Crippen molar-refractivity contribution < 1.29 is 32.2 Å². The Kier molecular flexibility index (Phi) is 6.42. The fourth-order valence-electron chi connectivity index (χ4n) is 3.49. The Morgan fingerprint density at radius 3 is 2.23 bits per heavy atom. The van der Waals surface area contributed by atoms with Crippen molar-refractivity contribution in [1.29, 1.82) is 0 Å². The third-order valence-electron chi connectivity index (χ3n) is 5.16. The molecule has 1 saturated heterocycles. The van der Waals surface area contributed by atoms with Gasteiger partial charge in [-0.3, -0.25) is 0 Å². The van der Waals surface area contributed by atoms with Crippen LogP contribution in [0, 0.1) is 0 Å². The first-order valence-electron chi connectivity index (χ1n) is 9.26. The monoisotopic (exact) mass is 433 g/mol. The minimum atomic E-state index is -4.04. The third-order valence-corrected chi connectivity index (χ3v) is 7.07. The second kappa shape index (κ2) is 8.85. The average Bonchev–Trinajstić information content (AvgIpc) is 3.29.